The van der Waals surface area contributed by atoms with E-state index in [-0.39, 0.29) is 5.91 Å². The zero-order chi connectivity index (χ0) is 16.0. The summed E-state index contributed by atoms with van der Waals surface area (Å²) in [4.78, 5) is 19.6. The van der Waals surface area contributed by atoms with Gasteiger partial charge in [0.05, 0.1) is 0 Å². The van der Waals surface area contributed by atoms with E-state index in [0.29, 0.717) is 28.7 Å². The molecule has 2 aromatic rings. The van der Waals surface area contributed by atoms with Crippen molar-refractivity contribution >= 4 is 28.8 Å². The predicted molar refractivity (Wildman–Crippen MR) is 93.9 cm³/mol. The third-order valence-electron chi connectivity index (χ3n) is 4.71. The molecule has 1 aromatic carbocycles. The molecule has 2 saturated carbocycles. The van der Waals surface area contributed by atoms with Gasteiger partial charge in [0.2, 0.25) is 0 Å². The molecule has 0 aliphatic heterocycles. The molecule has 4 rings (SSSR count). The van der Waals surface area contributed by atoms with Crippen LogP contribution in [0.25, 0.3) is 10.6 Å². The van der Waals surface area contributed by atoms with Crippen LogP contribution in [0, 0.1) is 5.92 Å². The number of carbonyl (C=O) groups is 1. The van der Waals surface area contributed by atoms with Crippen molar-refractivity contribution in [2.24, 2.45) is 5.92 Å². The van der Waals surface area contributed by atoms with Crippen molar-refractivity contribution in [3.8, 4) is 10.6 Å². The first-order valence-corrected chi connectivity index (χ1v) is 9.43. The zero-order valence-electron chi connectivity index (χ0n) is 13.0. The van der Waals surface area contributed by atoms with Gasteiger partial charge in [-0.05, 0) is 50.7 Å². The molecule has 0 saturated heterocycles. The van der Waals surface area contributed by atoms with Crippen LogP contribution < -0.4 is 0 Å². The Kier molecular flexibility index (Phi) is 3.90. The van der Waals surface area contributed by atoms with Crippen LogP contribution in [0.1, 0.15) is 43.1 Å². The Bertz CT molecular complexity index is 736. The Balaban J connectivity index is 1.58. The second kappa shape index (κ2) is 5.91. The maximum Gasteiger partial charge on any atom is 0.273 e. The van der Waals surface area contributed by atoms with Gasteiger partial charge in [0.25, 0.3) is 5.91 Å². The first-order chi connectivity index (χ1) is 11.1. The molecular weight excluding hydrogens is 328 g/mol. The second-order valence-electron chi connectivity index (χ2n) is 6.57. The highest BCUT2D eigenvalue weighted by atomic mass is 35.5. The van der Waals surface area contributed by atoms with Gasteiger partial charge in [-0.2, -0.15) is 0 Å². The van der Waals surface area contributed by atoms with E-state index in [2.05, 4.69) is 16.8 Å². The Morgan fingerprint density at radius 3 is 2.78 bits per heavy atom. The molecule has 0 bridgehead atoms. The highest BCUT2D eigenvalue weighted by molar-refractivity contribution is 7.13. The van der Waals surface area contributed by atoms with E-state index in [9.17, 15) is 4.79 Å². The zero-order valence-corrected chi connectivity index (χ0v) is 14.6. The lowest BCUT2D eigenvalue weighted by Gasteiger charge is -2.28. The van der Waals surface area contributed by atoms with Crippen molar-refractivity contribution in [2.75, 3.05) is 0 Å². The summed E-state index contributed by atoms with van der Waals surface area (Å²) in [5.41, 5.74) is 1.54. The minimum absolute atomic E-state index is 0.0939. The molecule has 1 aromatic heterocycles. The molecule has 0 radical (unpaired) electrons. The molecule has 2 fully saturated rings. The minimum atomic E-state index is 0.0939. The van der Waals surface area contributed by atoms with Gasteiger partial charge in [0.1, 0.15) is 10.7 Å². The van der Waals surface area contributed by atoms with Crippen LogP contribution in [0.5, 0.6) is 0 Å². The van der Waals surface area contributed by atoms with Crippen LogP contribution in [-0.4, -0.2) is 27.9 Å². The maximum atomic E-state index is 13.0. The first-order valence-electron chi connectivity index (χ1n) is 8.17. The summed E-state index contributed by atoms with van der Waals surface area (Å²) in [5.74, 6) is 0.780. The van der Waals surface area contributed by atoms with E-state index in [1.807, 2.05) is 29.6 Å². The van der Waals surface area contributed by atoms with Crippen molar-refractivity contribution < 1.29 is 4.79 Å². The smallest absolute Gasteiger partial charge is 0.273 e. The average molecular weight is 347 g/mol. The van der Waals surface area contributed by atoms with Gasteiger partial charge in [-0.1, -0.05) is 23.7 Å². The van der Waals surface area contributed by atoms with Crippen molar-refractivity contribution in [2.45, 2.75) is 44.7 Å². The number of aromatic nitrogens is 1. The standard InChI is InChI=1S/C18H19ClN2OS/c1-11(12-5-6-12)21(15-7-8-15)18(22)16-10-23-17(20-16)13-3-2-4-14(19)9-13/h2-4,9-12,15H,5-8H2,1H3. The number of benzene rings is 1. The molecule has 1 atom stereocenters. The number of hydrogen-bond donors (Lipinski definition) is 0. The predicted octanol–water partition coefficient (Wildman–Crippen LogP) is 4.87. The number of carbonyl (C=O) groups excluding carboxylic acids is 1. The average Bonchev–Trinajstić information content (AvgIpc) is 3.46. The van der Waals surface area contributed by atoms with Gasteiger partial charge in [0.15, 0.2) is 0 Å². The number of rotatable bonds is 5. The highest BCUT2D eigenvalue weighted by Crippen LogP contribution is 2.40. The minimum Gasteiger partial charge on any atom is -0.331 e. The fourth-order valence-corrected chi connectivity index (χ4v) is 4.08. The highest BCUT2D eigenvalue weighted by Gasteiger charge is 2.42. The molecule has 3 nitrogen and oxygen atoms in total. The van der Waals surface area contributed by atoms with Gasteiger partial charge >= 0.3 is 0 Å². The largest absolute Gasteiger partial charge is 0.331 e. The second-order valence-corrected chi connectivity index (χ2v) is 7.86. The summed E-state index contributed by atoms with van der Waals surface area (Å²) in [6, 6.07) is 8.38. The summed E-state index contributed by atoms with van der Waals surface area (Å²) in [7, 11) is 0. The van der Waals surface area contributed by atoms with Crippen LogP contribution in [0.3, 0.4) is 0 Å². The topological polar surface area (TPSA) is 33.2 Å². The van der Waals surface area contributed by atoms with Crippen molar-refractivity contribution in [1.29, 1.82) is 0 Å². The Hall–Kier alpha value is -1.39. The molecule has 2 aliphatic carbocycles. The summed E-state index contributed by atoms with van der Waals surface area (Å²) < 4.78 is 0. The summed E-state index contributed by atoms with van der Waals surface area (Å²) >= 11 is 7.56. The molecule has 1 heterocycles. The van der Waals surface area contributed by atoms with Gasteiger partial charge < -0.3 is 4.90 Å². The molecule has 2 aliphatic rings. The van der Waals surface area contributed by atoms with Crippen LogP contribution in [0.2, 0.25) is 5.02 Å². The van der Waals surface area contributed by atoms with E-state index in [1.54, 1.807) is 0 Å². The third kappa shape index (κ3) is 3.15. The third-order valence-corrected chi connectivity index (χ3v) is 5.84. The fraction of sp³-hybridized carbons (Fsp3) is 0.444. The lowest BCUT2D eigenvalue weighted by molar-refractivity contribution is 0.0649. The molecular formula is C18H19ClN2OS. The van der Waals surface area contributed by atoms with E-state index in [0.717, 1.165) is 23.4 Å². The van der Waals surface area contributed by atoms with Crippen molar-refractivity contribution in [1.82, 2.24) is 9.88 Å². The van der Waals surface area contributed by atoms with Gasteiger partial charge in [-0.25, -0.2) is 4.98 Å². The molecule has 120 valence electrons. The normalized spacial score (nSPS) is 18.7. The number of thiazole rings is 1. The maximum absolute atomic E-state index is 13.0. The number of amides is 1. The Morgan fingerprint density at radius 2 is 2.13 bits per heavy atom. The van der Waals surface area contributed by atoms with E-state index in [4.69, 9.17) is 11.6 Å². The SMILES string of the molecule is CC(C1CC1)N(C(=O)c1csc(-c2cccc(Cl)c2)n1)C1CC1. The van der Waals surface area contributed by atoms with Crippen molar-refractivity contribution in [3.05, 3.63) is 40.4 Å². The van der Waals surface area contributed by atoms with E-state index < -0.39 is 0 Å². The summed E-state index contributed by atoms with van der Waals surface area (Å²) in [5, 5.41) is 3.42. The first kappa shape index (κ1) is 15.2. The van der Waals surface area contributed by atoms with E-state index in [1.165, 1.54) is 24.2 Å². The number of hydrogen-bond acceptors (Lipinski definition) is 3. The van der Waals surface area contributed by atoms with Crippen LogP contribution in [0.4, 0.5) is 0 Å². The van der Waals surface area contributed by atoms with Gasteiger partial charge in [0, 0.05) is 28.0 Å². The molecule has 0 N–H and O–H groups in total. The Morgan fingerprint density at radius 1 is 1.35 bits per heavy atom. The van der Waals surface area contributed by atoms with Gasteiger partial charge in [-0.3, -0.25) is 4.79 Å². The van der Waals surface area contributed by atoms with Crippen LogP contribution in [-0.2, 0) is 0 Å². The summed E-state index contributed by atoms with van der Waals surface area (Å²) in [6.07, 6.45) is 4.77. The van der Waals surface area contributed by atoms with E-state index >= 15 is 0 Å². The van der Waals surface area contributed by atoms with Crippen LogP contribution in [0.15, 0.2) is 29.6 Å². The molecule has 1 amide bonds. The molecule has 23 heavy (non-hydrogen) atoms. The van der Waals surface area contributed by atoms with Crippen molar-refractivity contribution in [3.63, 3.8) is 0 Å². The summed E-state index contributed by atoms with van der Waals surface area (Å²) in [6.45, 7) is 2.19. The lowest BCUT2D eigenvalue weighted by atomic mass is 10.1. The van der Waals surface area contributed by atoms with Gasteiger partial charge in [-0.15, -0.1) is 11.3 Å². The molecule has 0 spiro atoms. The Labute approximate surface area is 145 Å². The molecule has 5 heteroatoms. The lowest BCUT2D eigenvalue weighted by Crippen LogP contribution is -2.41. The quantitative estimate of drug-likeness (QED) is 0.774. The van der Waals surface area contributed by atoms with Crippen LogP contribution >= 0.6 is 22.9 Å². The molecule has 1 unspecified atom stereocenters. The monoisotopic (exact) mass is 346 g/mol. The number of halogens is 1. The fourth-order valence-electron chi connectivity index (χ4n) is 3.10. The number of nitrogens with zero attached hydrogens (tertiary/aromatic N) is 2.